The molecule has 0 aliphatic heterocycles. The molecule has 2 heterocycles. The highest BCUT2D eigenvalue weighted by atomic mass is 16.6. The molecule has 10 heteroatoms. The van der Waals surface area contributed by atoms with E-state index >= 15 is 0 Å². The van der Waals surface area contributed by atoms with Gasteiger partial charge in [-0.15, -0.1) is 0 Å². The molecule has 3 rings (SSSR count). The van der Waals surface area contributed by atoms with E-state index < -0.39 is 16.7 Å². The van der Waals surface area contributed by atoms with Gasteiger partial charge >= 0.3 is 0 Å². The standard InChI is InChI=1S/C22H16N4O6/c1-13(27)17-8-4-10-19(23-17)21(29)25(15-6-3-7-16(12-15)26(31)32)22(30)20-11-5-9-18(24-20)14(2)28/h3-12H,1-2H3. The van der Waals surface area contributed by atoms with Crippen molar-refractivity contribution in [3.05, 3.63) is 93.6 Å². The largest absolute Gasteiger partial charge is 0.293 e. The van der Waals surface area contributed by atoms with Crippen LogP contribution in [0.3, 0.4) is 0 Å². The monoisotopic (exact) mass is 432 g/mol. The predicted molar refractivity (Wildman–Crippen MR) is 113 cm³/mol. The minimum atomic E-state index is -0.923. The number of ketones is 2. The van der Waals surface area contributed by atoms with Crippen molar-refractivity contribution in [1.29, 1.82) is 0 Å². The number of amides is 2. The molecule has 2 aromatic heterocycles. The van der Waals surface area contributed by atoms with E-state index in [9.17, 15) is 29.3 Å². The highest BCUT2D eigenvalue weighted by Gasteiger charge is 2.29. The van der Waals surface area contributed by atoms with Crippen LogP contribution in [0.25, 0.3) is 0 Å². The van der Waals surface area contributed by atoms with E-state index in [1.54, 1.807) is 0 Å². The fourth-order valence-electron chi connectivity index (χ4n) is 2.80. The predicted octanol–water partition coefficient (Wildman–Crippen LogP) is 3.28. The molecular weight excluding hydrogens is 416 g/mol. The summed E-state index contributed by atoms with van der Waals surface area (Å²) in [6, 6.07) is 13.2. The van der Waals surface area contributed by atoms with E-state index in [4.69, 9.17) is 0 Å². The number of hydrogen-bond donors (Lipinski definition) is 0. The number of anilines is 1. The first-order valence-corrected chi connectivity index (χ1v) is 9.28. The molecule has 2 amide bonds. The molecule has 3 aromatic rings. The normalized spacial score (nSPS) is 10.3. The van der Waals surface area contributed by atoms with Crippen LogP contribution in [0, 0.1) is 10.1 Å². The van der Waals surface area contributed by atoms with Gasteiger partial charge in [0.05, 0.1) is 10.6 Å². The van der Waals surface area contributed by atoms with E-state index in [1.165, 1.54) is 68.4 Å². The number of carbonyl (C=O) groups excluding carboxylic acids is 4. The number of pyridine rings is 2. The third-order valence-corrected chi connectivity index (χ3v) is 4.36. The Kier molecular flexibility index (Phi) is 6.24. The van der Waals surface area contributed by atoms with E-state index in [0.29, 0.717) is 4.90 Å². The van der Waals surface area contributed by atoms with Crippen LogP contribution in [-0.2, 0) is 0 Å². The SMILES string of the molecule is CC(=O)c1cccc(C(=O)N(C(=O)c2cccc(C(C)=O)n2)c2cccc([N+](=O)[O-])c2)n1. The lowest BCUT2D eigenvalue weighted by Crippen LogP contribution is -2.38. The second-order valence-corrected chi connectivity index (χ2v) is 6.65. The van der Waals surface area contributed by atoms with Gasteiger partial charge in [-0.2, -0.15) is 0 Å². The number of hydrogen-bond acceptors (Lipinski definition) is 8. The van der Waals surface area contributed by atoms with Crippen LogP contribution in [-0.4, -0.2) is 38.3 Å². The number of imide groups is 1. The van der Waals surface area contributed by atoms with Gasteiger partial charge in [0.2, 0.25) is 0 Å². The van der Waals surface area contributed by atoms with Gasteiger partial charge in [-0.25, -0.2) is 14.9 Å². The Morgan fingerprint density at radius 1 is 0.750 bits per heavy atom. The first-order valence-electron chi connectivity index (χ1n) is 9.28. The molecular formula is C22H16N4O6. The van der Waals surface area contributed by atoms with Crippen molar-refractivity contribution in [2.75, 3.05) is 4.90 Å². The lowest BCUT2D eigenvalue weighted by molar-refractivity contribution is -0.384. The van der Waals surface area contributed by atoms with Gasteiger partial charge in [-0.1, -0.05) is 18.2 Å². The summed E-state index contributed by atoms with van der Waals surface area (Å²) in [4.78, 5) is 69.1. The van der Waals surface area contributed by atoms with Crippen molar-refractivity contribution >= 4 is 34.8 Å². The quantitative estimate of drug-likeness (QED) is 0.250. The number of benzene rings is 1. The van der Waals surface area contributed by atoms with Gasteiger partial charge in [0, 0.05) is 26.0 Å². The van der Waals surface area contributed by atoms with Crippen LogP contribution in [0.1, 0.15) is 55.8 Å². The molecule has 0 aliphatic carbocycles. The van der Waals surface area contributed by atoms with Crippen LogP contribution in [0.4, 0.5) is 11.4 Å². The number of rotatable bonds is 6. The fourth-order valence-corrected chi connectivity index (χ4v) is 2.80. The molecule has 0 spiro atoms. The summed E-state index contributed by atoms with van der Waals surface area (Å²) >= 11 is 0. The van der Waals surface area contributed by atoms with Crippen molar-refractivity contribution in [2.24, 2.45) is 0 Å². The number of aromatic nitrogens is 2. The molecule has 1 aromatic carbocycles. The number of Topliss-reactive ketones (excluding diaryl/α,β-unsaturated/α-hetero) is 2. The van der Waals surface area contributed by atoms with Crippen molar-refractivity contribution in [2.45, 2.75) is 13.8 Å². The maximum absolute atomic E-state index is 13.3. The Bertz CT molecular complexity index is 1200. The first kappa shape index (κ1) is 22.1. The second-order valence-electron chi connectivity index (χ2n) is 6.65. The van der Waals surface area contributed by atoms with Crippen LogP contribution in [0.5, 0.6) is 0 Å². The lowest BCUT2D eigenvalue weighted by atomic mass is 10.2. The highest BCUT2D eigenvalue weighted by Crippen LogP contribution is 2.24. The third-order valence-electron chi connectivity index (χ3n) is 4.36. The van der Waals surface area contributed by atoms with E-state index in [0.717, 1.165) is 6.07 Å². The van der Waals surface area contributed by atoms with Crippen molar-refractivity contribution in [1.82, 2.24) is 9.97 Å². The summed E-state index contributed by atoms with van der Waals surface area (Å²) < 4.78 is 0. The molecule has 0 radical (unpaired) electrons. The molecule has 160 valence electrons. The highest BCUT2D eigenvalue weighted by molar-refractivity contribution is 6.25. The summed E-state index contributed by atoms with van der Waals surface area (Å²) in [6.45, 7) is 2.55. The Morgan fingerprint density at radius 3 is 1.62 bits per heavy atom. The van der Waals surface area contributed by atoms with Crippen LogP contribution < -0.4 is 4.90 Å². The van der Waals surface area contributed by atoms with E-state index in [2.05, 4.69) is 9.97 Å². The number of nitro groups is 1. The first-order chi connectivity index (χ1) is 15.2. The Labute approximate surface area is 181 Å². The summed E-state index contributed by atoms with van der Waals surface area (Å²) in [5.41, 5.74) is -0.859. The average Bonchev–Trinajstić information content (AvgIpc) is 2.79. The Balaban J connectivity index is 2.15. The van der Waals surface area contributed by atoms with Crippen LogP contribution in [0.15, 0.2) is 60.7 Å². The Hall–Kier alpha value is -4.60. The number of carbonyl (C=O) groups is 4. The van der Waals surface area contributed by atoms with Crippen molar-refractivity contribution in [3.8, 4) is 0 Å². The van der Waals surface area contributed by atoms with Gasteiger partial charge in [-0.05, 0) is 30.3 Å². The summed E-state index contributed by atoms with van der Waals surface area (Å²) in [5.74, 6) is -2.62. The molecule has 0 N–H and O–H groups in total. The molecule has 10 nitrogen and oxygen atoms in total. The van der Waals surface area contributed by atoms with Gasteiger partial charge in [0.25, 0.3) is 17.5 Å². The molecule has 0 bridgehead atoms. The molecule has 0 saturated carbocycles. The fraction of sp³-hybridized carbons (Fsp3) is 0.0909. The minimum Gasteiger partial charge on any atom is -0.293 e. The second kappa shape index (κ2) is 9.04. The summed E-state index contributed by atoms with van der Waals surface area (Å²) in [6.07, 6.45) is 0. The molecule has 32 heavy (non-hydrogen) atoms. The van der Waals surface area contributed by atoms with Gasteiger partial charge in [0.15, 0.2) is 11.6 Å². The zero-order valence-corrected chi connectivity index (χ0v) is 17.0. The molecule has 0 saturated heterocycles. The molecule has 0 unspecified atom stereocenters. The van der Waals surface area contributed by atoms with E-state index in [-0.39, 0.29) is 45.7 Å². The van der Waals surface area contributed by atoms with Crippen molar-refractivity contribution in [3.63, 3.8) is 0 Å². The van der Waals surface area contributed by atoms with Gasteiger partial charge in [-0.3, -0.25) is 29.3 Å². The van der Waals surface area contributed by atoms with Crippen molar-refractivity contribution < 1.29 is 24.1 Å². The van der Waals surface area contributed by atoms with E-state index in [1.807, 2.05) is 0 Å². The third kappa shape index (κ3) is 4.59. The zero-order valence-electron chi connectivity index (χ0n) is 17.0. The number of nitro benzene ring substituents is 1. The topological polar surface area (TPSA) is 140 Å². The number of non-ortho nitro benzene ring substituents is 1. The molecule has 0 fully saturated rings. The average molecular weight is 432 g/mol. The molecule has 0 atom stereocenters. The van der Waals surface area contributed by atoms with Crippen LogP contribution in [0.2, 0.25) is 0 Å². The maximum Gasteiger partial charge on any atom is 0.283 e. The molecule has 0 aliphatic rings. The summed E-state index contributed by atoms with van der Waals surface area (Å²) in [5, 5.41) is 11.2. The smallest absolute Gasteiger partial charge is 0.283 e. The maximum atomic E-state index is 13.3. The minimum absolute atomic E-state index is 0.0130. The number of nitrogens with zero attached hydrogens (tertiary/aromatic N) is 4. The van der Waals surface area contributed by atoms with Gasteiger partial charge in [0.1, 0.15) is 22.8 Å². The van der Waals surface area contributed by atoms with Crippen LogP contribution >= 0.6 is 0 Å². The lowest BCUT2D eigenvalue weighted by Gasteiger charge is -2.20. The zero-order chi connectivity index (χ0) is 23.4. The Morgan fingerprint density at radius 2 is 1.19 bits per heavy atom. The summed E-state index contributed by atoms with van der Waals surface area (Å²) in [7, 11) is 0. The van der Waals surface area contributed by atoms with Gasteiger partial charge < -0.3 is 0 Å².